The Kier molecular flexibility index (Phi) is 6.67. The number of rotatable bonds is 3. The Morgan fingerprint density at radius 1 is 0.433 bits per heavy atom. The van der Waals surface area contributed by atoms with Crippen LogP contribution in [0.15, 0.2) is 176 Å². The van der Waals surface area contributed by atoms with Crippen molar-refractivity contribution in [1.82, 2.24) is 13.7 Å². The number of nitrogens with zero attached hydrogens (tertiary/aromatic N) is 5. The number of hydrogen-bond acceptors (Lipinski definition) is 2. The molecule has 0 saturated heterocycles. The lowest BCUT2D eigenvalue weighted by Crippen LogP contribution is -2.02. The number of benzene rings is 9. The molecular formula is C54H29N5S. The first kappa shape index (κ1) is 32.9. The fourth-order valence-corrected chi connectivity index (χ4v) is 11.1. The van der Waals surface area contributed by atoms with E-state index in [-0.39, 0.29) is 0 Å². The van der Waals surface area contributed by atoms with E-state index >= 15 is 0 Å². The molecule has 13 rings (SSSR count). The maximum atomic E-state index is 11.1. The molecule has 0 saturated carbocycles. The van der Waals surface area contributed by atoms with Crippen LogP contribution in [0.5, 0.6) is 0 Å². The molecule has 5 nitrogen and oxygen atoms in total. The van der Waals surface area contributed by atoms with Gasteiger partial charge < -0.3 is 13.7 Å². The summed E-state index contributed by atoms with van der Waals surface area (Å²) in [6.07, 6.45) is 0. The summed E-state index contributed by atoms with van der Waals surface area (Å²) in [6.45, 7) is 8.64. The quantitative estimate of drug-likeness (QED) is 0.165. The van der Waals surface area contributed by atoms with E-state index < -0.39 is 0 Å². The summed E-state index contributed by atoms with van der Waals surface area (Å²) in [5.41, 5.74) is 9.65. The number of thiophene rings is 1. The van der Waals surface area contributed by atoms with Crippen LogP contribution in [0, 0.1) is 17.9 Å². The first-order chi connectivity index (χ1) is 29.7. The molecule has 9 aromatic carbocycles. The zero-order valence-corrected chi connectivity index (χ0v) is 32.7. The lowest BCUT2D eigenvalue weighted by atomic mass is 10.0. The predicted octanol–water partition coefficient (Wildman–Crippen LogP) is 14.9. The highest BCUT2D eigenvalue weighted by Gasteiger charge is 2.23. The van der Waals surface area contributed by atoms with E-state index in [1.807, 2.05) is 18.2 Å². The molecule has 0 amide bonds. The zero-order valence-electron chi connectivity index (χ0n) is 31.9. The van der Waals surface area contributed by atoms with Crippen molar-refractivity contribution in [3.8, 4) is 23.1 Å². The Morgan fingerprint density at radius 2 is 1.03 bits per heavy atom. The number of nitriles is 1. The number of aromatic nitrogens is 3. The Morgan fingerprint density at radius 3 is 1.78 bits per heavy atom. The fraction of sp³-hybridized carbons (Fsp3) is 0. The molecule has 0 radical (unpaired) electrons. The Bertz CT molecular complexity index is 4050. The van der Waals surface area contributed by atoms with Crippen LogP contribution in [0.25, 0.3) is 118 Å². The van der Waals surface area contributed by atoms with Gasteiger partial charge in [0.1, 0.15) is 6.07 Å². The van der Waals surface area contributed by atoms with Crippen LogP contribution in [0.4, 0.5) is 5.69 Å². The third kappa shape index (κ3) is 4.38. The molecule has 0 aliphatic carbocycles. The van der Waals surface area contributed by atoms with E-state index in [1.165, 1.54) is 30.9 Å². The summed E-state index contributed by atoms with van der Waals surface area (Å²) in [6, 6.07) is 64.6. The molecule has 0 aliphatic heterocycles. The SMILES string of the molecule is [C-]#[N+]c1cc(-n2c3ccc(-n4c5ccccc5c5ccccc54)cc3c3cc4c(cc32)sc2ccccc24)c(C#N)cc1-n1c2ccccc2c2c3ccccc3ccc21. The molecule has 0 bridgehead atoms. The van der Waals surface area contributed by atoms with Gasteiger partial charge in [-0.3, -0.25) is 0 Å². The van der Waals surface area contributed by atoms with Gasteiger partial charge in [0.25, 0.3) is 0 Å². The number of hydrogen-bond donors (Lipinski definition) is 0. The lowest BCUT2D eigenvalue weighted by Gasteiger charge is -2.16. The van der Waals surface area contributed by atoms with Gasteiger partial charge in [0.05, 0.1) is 56.6 Å². The van der Waals surface area contributed by atoms with Gasteiger partial charge in [0.15, 0.2) is 0 Å². The first-order valence-electron chi connectivity index (χ1n) is 19.9. The number of fused-ring (bicyclic) bond motifs is 14. The minimum atomic E-state index is 0.472. The molecule has 13 aromatic rings. The van der Waals surface area contributed by atoms with Crippen LogP contribution >= 0.6 is 11.3 Å². The molecule has 0 fully saturated rings. The average Bonchev–Trinajstić information content (AvgIpc) is 4.03. The van der Waals surface area contributed by atoms with E-state index in [1.54, 1.807) is 11.3 Å². The van der Waals surface area contributed by atoms with Gasteiger partial charge in [-0.1, -0.05) is 103 Å². The van der Waals surface area contributed by atoms with E-state index in [2.05, 4.69) is 182 Å². The Hall–Kier alpha value is -8.16. The summed E-state index contributed by atoms with van der Waals surface area (Å²) >= 11 is 1.78. The largest absolute Gasteiger partial charge is 0.319 e. The Balaban J connectivity index is 1.12. The molecule has 0 N–H and O–H groups in total. The molecular weight excluding hydrogens is 751 g/mol. The predicted molar refractivity (Wildman–Crippen MR) is 251 cm³/mol. The molecule has 6 heteroatoms. The fourth-order valence-electron chi connectivity index (χ4n) is 9.93. The summed E-state index contributed by atoms with van der Waals surface area (Å²) in [4.78, 5) is 4.20. The molecule has 0 aliphatic rings. The van der Waals surface area contributed by atoms with Gasteiger partial charge in [-0.05, 0) is 83.6 Å². The van der Waals surface area contributed by atoms with Crippen LogP contribution < -0.4 is 0 Å². The van der Waals surface area contributed by atoms with Gasteiger partial charge in [-0.25, -0.2) is 4.85 Å². The van der Waals surface area contributed by atoms with E-state index in [0.29, 0.717) is 22.6 Å². The molecule has 276 valence electrons. The standard InChI is InChI=1S/C54H29N5S/c1-56-43-29-49(33(31-55)26-51(43)58-46-20-10-6-17-39(46)54-35-13-3-2-12-32(35)22-24-48(54)58)59-47-25-23-34(57-44-18-8-4-14-36(44)37-15-5-9-19-45(37)57)27-40(47)41-28-42-38-16-7-11-21-52(38)60-53(42)30-50(41)59/h2-30H. The Labute approximate surface area is 346 Å². The van der Waals surface area contributed by atoms with Crippen molar-refractivity contribution in [3.63, 3.8) is 0 Å². The van der Waals surface area contributed by atoms with Crippen LogP contribution in [0.2, 0.25) is 0 Å². The number of para-hydroxylation sites is 3. The van der Waals surface area contributed by atoms with Crippen molar-refractivity contribution in [1.29, 1.82) is 5.26 Å². The second-order valence-corrected chi connectivity index (χ2v) is 16.6. The first-order valence-corrected chi connectivity index (χ1v) is 20.8. The minimum Gasteiger partial charge on any atom is -0.319 e. The van der Waals surface area contributed by atoms with E-state index in [0.717, 1.165) is 71.1 Å². The minimum absolute atomic E-state index is 0.472. The topological polar surface area (TPSA) is 42.9 Å². The second kappa shape index (κ2) is 12.2. The van der Waals surface area contributed by atoms with Crippen LogP contribution in [-0.2, 0) is 0 Å². The van der Waals surface area contributed by atoms with Crippen LogP contribution in [-0.4, -0.2) is 13.7 Å². The van der Waals surface area contributed by atoms with Gasteiger partial charge in [0.2, 0.25) is 5.69 Å². The lowest BCUT2D eigenvalue weighted by molar-refractivity contribution is 1.14. The van der Waals surface area contributed by atoms with Crippen molar-refractivity contribution in [2.75, 3.05) is 0 Å². The summed E-state index contributed by atoms with van der Waals surface area (Å²) < 4.78 is 9.14. The highest BCUT2D eigenvalue weighted by Crippen LogP contribution is 2.45. The normalized spacial score (nSPS) is 12.0. The smallest absolute Gasteiger partial charge is 0.212 e. The van der Waals surface area contributed by atoms with Crippen molar-refractivity contribution in [2.24, 2.45) is 0 Å². The highest BCUT2D eigenvalue weighted by molar-refractivity contribution is 7.25. The van der Waals surface area contributed by atoms with Gasteiger partial charge in [-0.15, -0.1) is 11.3 Å². The second-order valence-electron chi connectivity index (χ2n) is 15.5. The van der Waals surface area contributed by atoms with Crippen LogP contribution in [0.3, 0.4) is 0 Å². The van der Waals surface area contributed by atoms with Gasteiger partial charge in [0, 0.05) is 58.2 Å². The summed E-state index contributed by atoms with van der Waals surface area (Å²) in [5, 5.41) is 22.7. The summed E-state index contributed by atoms with van der Waals surface area (Å²) in [7, 11) is 0. The summed E-state index contributed by atoms with van der Waals surface area (Å²) in [5.74, 6) is 0. The van der Waals surface area contributed by atoms with E-state index in [4.69, 9.17) is 6.57 Å². The van der Waals surface area contributed by atoms with Crippen molar-refractivity contribution in [2.45, 2.75) is 0 Å². The molecule has 0 unspecified atom stereocenters. The third-order valence-electron chi connectivity index (χ3n) is 12.5. The molecule has 4 heterocycles. The van der Waals surface area contributed by atoms with Gasteiger partial charge in [-0.2, -0.15) is 5.26 Å². The van der Waals surface area contributed by atoms with Crippen molar-refractivity contribution >= 4 is 113 Å². The molecule has 60 heavy (non-hydrogen) atoms. The molecule has 0 atom stereocenters. The van der Waals surface area contributed by atoms with Crippen molar-refractivity contribution < 1.29 is 0 Å². The van der Waals surface area contributed by atoms with E-state index in [9.17, 15) is 5.26 Å². The zero-order chi connectivity index (χ0) is 39.6. The molecule has 0 spiro atoms. The van der Waals surface area contributed by atoms with Gasteiger partial charge >= 0.3 is 0 Å². The third-order valence-corrected chi connectivity index (χ3v) is 13.6. The monoisotopic (exact) mass is 779 g/mol. The maximum absolute atomic E-state index is 11.1. The average molecular weight is 780 g/mol. The highest BCUT2D eigenvalue weighted by atomic mass is 32.1. The van der Waals surface area contributed by atoms with Crippen molar-refractivity contribution in [3.05, 3.63) is 193 Å². The molecule has 4 aromatic heterocycles. The van der Waals surface area contributed by atoms with Crippen LogP contribution in [0.1, 0.15) is 5.56 Å². The maximum Gasteiger partial charge on any atom is 0.212 e.